The summed E-state index contributed by atoms with van der Waals surface area (Å²) >= 11 is 3.03. The zero-order valence-electron chi connectivity index (χ0n) is 21.2. The molecule has 0 amide bonds. The first-order valence-electron chi connectivity index (χ1n) is 12.0. The van der Waals surface area contributed by atoms with E-state index in [9.17, 15) is 13.2 Å². The number of aromatic nitrogens is 2. The molecule has 0 bridgehead atoms. The van der Waals surface area contributed by atoms with Crippen LogP contribution in [0.5, 0.6) is 5.75 Å². The number of nitrogens with one attached hydrogen (secondary N) is 1. The number of benzene rings is 3. The lowest BCUT2D eigenvalue weighted by atomic mass is 10.0. The first kappa shape index (κ1) is 27.5. The molecule has 3 N–H and O–H groups in total. The molecule has 0 saturated carbocycles. The Morgan fingerprint density at radius 1 is 0.925 bits per heavy atom. The van der Waals surface area contributed by atoms with E-state index in [1.54, 1.807) is 47.7 Å². The summed E-state index contributed by atoms with van der Waals surface area (Å²) < 4.78 is 32.0. The molecule has 2 heterocycles. The van der Waals surface area contributed by atoms with Crippen molar-refractivity contribution in [2.45, 2.75) is 12.5 Å². The number of hydrogen-bond donors (Lipinski definition) is 2. The fraction of sp³-hybridized carbons (Fsp3) is 0.107. The van der Waals surface area contributed by atoms with Crippen molar-refractivity contribution in [1.82, 2.24) is 9.97 Å². The second-order valence-corrected chi connectivity index (χ2v) is 11.5. The predicted molar refractivity (Wildman–Crippen MR) is 157 cm³/mol. The summed E-state index contributed by atoms with van der Waals surface area (Å²) in [5.74, 6) is -0.254. The van der Waals surface area contributed by atoms with Crippen LogP contribution in [0.4, 0.5) is 5.13 Å². The molecule has 3 aromatic carbocycles. The Morgan fingerprint density at radius 2 is 1.65 bits per heavy atom. The van der Waals surface area contributed by atoms with Crippen LogP contribution in [0.1, 0.15) is 27.7 Å². The van der Waals surface area contributed by atoms with Crippen LogP contribution in [0.2, 0.25) is 0 Å². The minimum Gasteiger partial charge on any atom is -0.465 e. The number of hydrogen-bond acceptors (Lipinski definition) is 10. The molecule has 2 aromatic heterocycles. The Morgan fingerprint density at radius 3 is 2.33 bits per heavy atom. The topological polar surface area (TPSA) is 134 Å². The summed E-state index contributed by atoms with van der Waals surface area (Å²) in [6.07, 6.45) is 0.552. The molecule has 1 atom stereocenters. The van der Waals surface area contributed by atoms with E-state index in [-0.39, 0.29) is 11.8 Å². The van der Waals surface area contributed by atoms with Crippen LogP contribution in [0.25, 0.3) is 21.8 Å². The molecule has 204 valence electrons. The van der Waals surface area contributed by atoms with E-state index in [1.165, 1.54) is 18.4 Å². The molecular formula is C28H24N4O5S3. The van der Waals surface area contributed by atoms with E-state index in [2.05, 4.69) is 5.32 Å². The molecule has 5 rings (SSSR count). The standard InChI is InChI=1S/C28H24N4O5S3/c1-36-27(33)21-11-9-19(10-12-21)24-16-39-28(32-24)31-23(15-18-7-13-22(14-8-18)37-40(29,34)35)25-17-38-26(30-25)20-5-3-2-4-6-20/h2-14,16-17,23H,15H2,1H3,(H,31,32)(H2,29,34,35). The van der Waals surface area contributed by atoms with Crippen molar-refractivity contribution in [2.75, 3.05) is 12.4 Å². The Labute approximate surface area is 239 Å². The van der Waals surface area contributed by atoms with Crippen molar-refractivity contribution in [3.8, 4) is 27.6 Å². The zero-order chi connectivity index (χ0) is 28.1. The monoisotopic (exact) mass is 592 g/mol. The highest BCUT2D eigenvalue weighted by Crippen LogP contribution is 2.32. The van der Waals surface area contributed by atoms with Gasteiger partial charge in [-0.05, 0) is 36.2 Å². The van der Waals surface area contributed by atoms with Gasteiger partial charge in [-0.1, -0.05) is 54.6 Å². The van der Waals surface area contributed by atoms with Gasteiger partial charge >= 0.3 is 16.3 Å². The van der Waals surface area contributed by atoms with E-state index >= 15 is 0 Å². The lowest BCUT2D eigenvalue weighted by Gasteiger charge is -2.17. The molecule has 0 aliphatic heterocycles. The summed E-state index contributed by atoms with van der Waals surface area (Å²) in [7, 11) is -2.75. The minimum absolute atomic E-state index is 0.138. The molecule has 12 heteroatoms. The van der Waals surface area contributed by atoms with Gasteiger partial charge in [-0.2, -0.15) is 13.6 Å². The van der Waals surface area contributed by atoms with Gasteiger partial charge < -0.3 is 14.2 Å². The van der Waals surface area contributed by atoms with Crippen LogP contribution in [-0.2, 0) is 21.5 Å². The minimum atomic E-state index is -4.10. The molecule has 5 aromatic rings. The molecule has 0 fully saturated rings. The lowest BCUT2D eigenvalue weighted by molar-refractivity contribution is 0.0600. The highest BCUT2D eigenvalue weighted by molar-refractivity contribution is 7.84. The van der Waals surface area contributed by atoms with E-state index in [4.69, 9.17) is 24.0 Å². The molecule has 0 radical (unpaired) electrons. The highest BCUT2D eigenvalue weighted by atomic mass is 32.2. The fourth-order valence-electron chi connectivity index (χ4n) is 3.96. The first-order chi connectivity index (χ1) is 19.3. The van der Waals surface area contributed by atoms with Gasteiger partial charge in [0.15, 0.2) is 5.13 Å². The average Bonchev–Trinajstić information content (AvgIpc) is 3.64. The van der Waals surface area contributed by atoms with Crippen LogP contribution in [0, 0.1) is 0 Å². The van der Waals surface area contributed by atoms with Crippen LogP contribution in [0.15, 0.2) is 89.6 Å². The third-order valence-corrected chi connectivity index (χ3v) is 7.99. The van der Waals surface area contributed by atoms with Crippen LogP contribution in [-0.4, -0.2) is 31.5 Å². The van der Waals surface area contributed by atoms with E-state index in [0.717, 1.165) is 33.1 Å². The third kappa shape index (κ3) is 6.90. The third-order valence-electron chi connectivity index (χ3n) is 5.88. The van der Waals surface area contributed by atoms with E-state index in [1.807, 2.05) is 53.2 Å². The van der Waals surface area contributed by atoms with Gasteiger partial charge in [-0.25, -0.2) is 14.8 Å². The summed E-state index contributed by atoms with van der Waals surface area (Å²) in [6.45, 7) is 0. The van der Waals surface area contributed by atoms with Gasteiger partial charge in [0.25, 0.3) is 0 Å². The van der Waals surface area contributed by atoms with Crippen molar-refractivity contribution in [3.63, 3.8) is 0 Å². The Hall–Kier alpha value is -4.10. The number of carbonyl (C=O) groups is 1. The van der Waals surface area contributed by atoms with Gasteiger partial charge in [-0.3, -0.25) is 0 Å². The summed E-state index contributed by atoms with van der Waals surface area (Å²) in [5.41, 5.74) is 4.94. The maximum absolute atomic E-state index is 11.8. The molecule has 40 heavy (non-hydrogen) atoms. The Kier molecular flexibility index (Phi) is 8.21. The summed E-state index contributed by atoms with van der Waals surface area (Å²) in [6, 6.07) is 23.5. The normalized spacial score (nSPS) is 12.1. The molecule has 0 aliphatic carbocycles. The first-order valence-corrected chi connectivity index (χ1v) is 15.2. The number of nitrogens with two attached hydrogens (primary N) is 1. The number of rotatable bonds is 10. The average molecular weight is 593 g/mol. The van der Waals surface area contributed by atoms with Gasteiger partial charge in [0.05, 0.1) is 30.1 Å². The predicted octanol–water partition coefficient (Wildman–Crippen LogP) is 5.70. The quantitative estimate of drug-likeness (QED) is 0.197. The SMILES string of the molecule is COC(=O)c1ccc(-c2csc(NC(Cc3ccc(OS(N)(=O)=O)cc3)c3csc(-c4ccccc4)n3)n2)cc1. The Balaban J connectivity index is 1.39. The van der Waals surface area contributed by atoms with Crippen molar-refractivity contribution < 1.29 is 22.1 Å². The van der Waals surface area contributed by atoms with E-state index < -0.39 is 16.3 Å². The maximum atomic E-state index is 11.8. The van der Waals surface area contributed by atoms with Gasteiger partial charge in [-0.15, -0.1) is 22.7 Å². The van der Waals surface area contributed by atoms with Crippen molar-refractivity contribution >= 4 is 44.1 Å². The number of nitrogens with zero attached hydrogens (tertiary/aromatic N) is 2. The number of anilines is 1. The van der Waals surface area contributed by atoms with E-state index in [0.29, 0.717) is 17.1 Å². The summed E-state index contributed by atoms with van der Waals surface area (Å²) in [4.78, 5) is 21.4. The smallest absolute Gasteiger partial charge is 0.380 e. The van der Waals surface area contributed by atoms with Gasteiger partial charge in [0.2, 0.25) is 0 Å². The van der Waals surface area contributed by atoms with Crippen molar-refractivity contribution in [2.24, 2.45) is 5.14 Å². The fourth-order valence-corrected chi connectivity index (χ4v) is 5.99. The Bertz CT molecular complexity index is 1700. The molecule has 0 aliphatic rings. The highest BCUT2D eigenvalue weighted by Gasteiger charge is 2.19. The van der Waals surface area contributed by atoms with Crippen LogP contribution >= 0.6 is 22.7 Å². The van der Waals surface area contributed by atoms with Crippen molar-refractivity contribution in [3.05, 3.63) is 106 Å². The number of esters is 1. The second kappa shape index (κ2) is 12.0. The van der Waals surface area contributed by atoms with Gasteiger partial charge in [0.1, 0.15) is 10.8 Å². The number of methoxy groups -OCH3 is 1. The van der Waals surface area contributed by atoms with Crippen LogP contribution in [0.3, 0.4) is 0 Å². The number of carbonyl (C=O) groups excluding carboxylic acids is 1. The molecular weight excluding hydrogens is 569 g/mol. The number of thiazole rings is 2. The van der Waals surface area contributed by atoms with Crippen molar-refractivity contribution in [1.29, 1.82) is 0 Å². The molecule has 9 nitrogen and oxygen atoms in total. The van der Waals surface area contributed by atoms with Crippen LogP contribution < -0.4 is 14.6 Å². The van der Waals surface area contributed by atoms with Gasteiger partial charge in [0, 0.05) is 21.9 Å². The molecule has 1 unspecified atom stereocenters. The maximum Gasteiger partial charge on any atom is 0.380 e. The number of ether oxygens (including phenoxy) is 1. The zero-order valence-corrected chi connectivity index (χ0v) is 23.6. The summed E-state index contributed by atoms with van der Waals surface area (Å²) in [5, 5.41) is 14.1. The largest absolute Gasteiger partial charge is 0.465 e. The lowest BCUT2D eigenvalue weighted by Crippen LogP contribution is -2.19. The molecule has 0 spiro atoms. The molecule has 0 saturated heterocycles. The second-order valence-electron chi connectivity index (χ2n) is 8.67.